The zero-order valence-corrected chi connectivity index (χ0v) is 19.5. The van der Waals surface area contributed by atoms with E-state index in [1.807, 2.05) is 13.8 Å². The first-order valence-corrected chi connectivity index (χ1v) is 11.5. The van der Waals surface area contributed by atoms with E-state index in [2.05, 4.69) is 5.32 Å². The minimum absolute atomic E-state index is 0.00555. The zero-order chi connectivity index (χ0) is 22.3. The van der Waals surface area contributed by atoms with Gasteiger partial charge in [0, 0.05) is 33.9 Å². The summed E-state index contributed by atoms with van der Waals surface area (Å²) in [5.74, 6) is -0.409. The molecule has 8 heteroatoms. The van der Waals surface area contributed by atoms with E-state index >= 15 is 0 Å². The lowest BCUT2D eigenvalue weighted by molar-refractivity contribution is -0.138. The predicted molar refractivity (Wildman–Crippen MR) is 122 cm³/mol. The van der Waals surface area contributed by atoms with Crippen molar-refractivity contribution >= 4 is 46.8 Å². The van der Waals surface area contributed by atoms with Crippen LogP contribution in [-0.4, -0.2) is 34.6 Å². The van der Waals surface area contributed by atoms with Crippen LogP contribution in [0.4, 0.5) is 4.39 Å². The molecule has 0 aliphatic rings. The standard InChI is InChI=1S/C22H25Cl2FN2O2S/c1-14(2)26-22(29)15(3)27(11-16-7-4-5-10-20(16)25)21(28)13-30-12-17-18(23)8-6-9-19(17)24/h4-10,14-15H,11-13H2,1-3H3,(H,26,29)/t15-/m0/s1. The van der Waals surface area contributed by atoms with Crippen molar-refractivity contribution in [2.24, 2.45) is 0 Å². The normalized spacial score (nSPS) is 12.0. The van der Waals surface area contributed by atoms with Crippen LogP contribution in [0.3, 0.4) is 0 Å². The minimum Gasteiger partial charge on any atom is -0.352 e. The fraction of sp³-hybridized carbons (Fsp3) is 0.364. The lowest BCUT2D eigenvalue weighted by Gasteiger charge is -2.29. The molecule has 2 aromatic rings. The average Bonchev–Trinajstić information content (AvgIpc) is 2.68. The van der Waals surface area contributed by atoms with Gasteiger partial charge < -0.3 is 10.2 Å². The molecule has 2 amide bonds. The molecule has 0 aliphatic carbocycles. The number of hydrogen-bond acceptors (Lipinski definition) is 3. The van der Waals surface area contributed by atoms with Gasteiger partial charge in [-0.05, 0) is 44.5 Å². The first-order chi connectivity index (χ1) is 14.2. The summed E-state index contributed by atoms with van der Waals surface area (Å²) < 4.78 is 14.2. The van der Waals surface area contributed by atoms with Crippen LogP contribution in [0.2, 0.25) is 10.0 Å². The van der Waals surface area contributed by atoms with Crippen molar-refractivity contribution in [3.8, 4) is 0 Å². The molecule has 0 bridgehead atoms. The molecule has 4 nitrogen and oxygen atoms in total. The quantitative estimate of drug-likeness (QED) is 0.540. The van der Waals surface area contributed by atoms with Gasteiger partial charge in [0.1, 0.15) is 11.9 Å². The number of carbonyl (C=O) groups excluding carboxylic acids is 2. The van der Waals surface area contributed by atoms with Crippen molar-refractivity contribution in [2.75, 3.05) is 5.75 Å². The van der Waals surface area contributed by atoms with Crippen LogP contribution in [0, 0.1) is 5.82 Å². The summed E-state index contributed by atoms with van der Waals surface area (Å²) in [4.78, 5) is 26.9. The molecule has 2 rings (SSSR count). The molecular formula is C22H25Cl2FN2O2S. The Kier molecular flexibility index (Phi) is 9.46. The van der Waals surface area contributed by atoms with Gasteiger partial charge in [-0.25, -0.2) is 4.39 Å². The summed E-state index contributed by atoms with van der Waals surface area (Å²) in [6.45, 7) is 5.34. The van der Waals surface area contributed by atoms with Crippen LogP contribution in [0.25, 0.3) is 0 Å². The maximum atomic E-state index is 14.2. The highest BCUT2D eigenvalue weighted by Crippen LogP contribution is 2.28. The molecule has 0 saturated carbocycles. The van der Waals surface area contributed by atoms with E-state index in [1.165, 1.54) is 22.7 Å². The van der Waals surface area contributed by atoms with E-state index in [9.17, 15) is 14.0 Å². The maximum Gasteiger partial charge on any atom is 0.242 e. The Labute approximate surface area is 191 Å². The topological polar surface area (TPSA) is 49.4 Å². The number of amides is 2. The Balaban J connectivity index is 2.13. The summed E-state index contributed by atoms with van der Waals surface area (Å²) >= 11 is 13.7. The highest BCUT2D eigenvalue weighted by Gasteiger charge is 2.27. The summed E-state index contributed by atoms with van der Waals surface area (Å²) in [5.41, 5.74) is 1.11. The molecule has 0 heterocycles. The van der Waals surface area contributed by atoms with Crippen LogP contribution in [0.15, 0.2) is 42.5 Å². The predicted octanol–water partition coefficient (Wildman–Crippen LogP) is 5.31. The molecule has 0 aromatic heterocycles. The van der Waals surface area contributed by atoms with Gasteiger partial charge in [0.15, 0.2) is 0 Å². The van der Waals surface area contributed by atoms with Gasteiger partial charge in [-0.15, -0.1) is 11.8 Å². The van der Waals surface area contributed by atoms with E-state index in [0.29, 0.717) is 21.4 Å². The second-order valence-corrected chi connectivity index (χ2v) is 8.95. The highest BCUT2D eigenvalue weighted by atomic mass is 35.5. The number of nitrogens with one attached hydrogen (secondary N) is 1. The molecular weight excluding hydrogens is 446 g/mol. The van der Waals surface area contributed by atoms with Crippen LogP contribution in [0.1, 0.15) is 31.9 Å². The lowest BCUT2D eigenvalue weighted by Crippen LogP contribution is -2.49. The zero-order valence-electron chi connectivity index (χ0n) is 17.1. The smallest absolute Gasteiger partial charge is 0.242 e. The molecule has 162 valence electrons. The summed E-state index contributed by atoms with van der Waals surface area (Å²) in [6.07, 6.45) is 0. The van der Waals surface area contributed by atoms with Gasteiger partial charge in [-0.2, -0.15) is 0 Å². The van der Waals surface area contributed by atoms with Gasteiger partial charge in [-0.1, -0.05) is 47.5 Å². The molecule has 0 spiro atoms. The number of rotatable bonds is 9. The van der Waals surface area contributed by atoms with Crippen molar-refractivity contribution < 1.29 is 14.0 Å². The van der Waals surface area contributed by atoms with Crippen molar-refractivity contribution in [1.29, 1.82) is 0 Å². The Morgan fingerprint density at radius 3 is 2.30 bits per heavy atom. The Hall–Kier alpha value is -1.76. The second kappa shape index (κ2) is 11.6. The Morgan fingerprint density at radius 2 is 1.70 bits per heavy atom. The third-order valence-corrected chi connectivity index (χ3v) is 6.08. The van der Waals surface area contributed by atoms with Crippen LogP contribution in [-0.2, 0) is 21.9 Å². The van der Waals surface area contributed by atoms with E-state index in [1.54, 1.807) is 43.3 Å². The fourth-order valence-corrected chi connectivity index (χ4v) is 4.44. The summed E-state index contributed by atoms with van der Waals surface area (Å²) in [5, 5.41) is 3.88. The van der Waals surface area contributed by atoms with Gasteiger partial charge in [0.2, 0.25) is 11.8 Å². The summed E-state index contributed by atoms with van der Waals surface area (Å²) in [7, 11) is 0. The third-order valence-electron chi connectivity index (χ3n) is 4.43. The average molecular weight is 471 g/mol. The van der Waals surface area contributed by atoms with Crippen molar-refractivity contribution in [3.63, 3.8) is 0 Å². The Bertz CT molecular complexity index is 875. The van der Waals surface area contributed by atoms with Gasteiger partial charge in [0.25, 0.3) is 0 Å². The Morgan fingerprint density at radius 1 is 1.07 bits per heavy atom. The summed E-state index contributed by atoms with van der Waals surface area (Å²) in [6, 6.07) is 10.7. The van der Waals surface area contributed by atoms with Crippen molar-refractivity contribution in [2.45, 2.75) is 45.2 Å². The largest absolute Gasteiger partial charge is 0.352 e. The monoisotopic (exact) mass is 470 g/mol. The van der Waals surface area contributed by atoms with E-state index in [0.717, 1.165) is 5.56 Å². The number of halogens is 3. The highest BCUT2D eigenvalue weighted by molar-refractivity contribution is 7.99. The number of hydrogen-bond donors (Lipinski definition) is 1. The molecule has 1 N–H and O–H groups in total. The molecule has 0 unspecified atom stereocenters. The maximum absolute atomic E-state index is 14.2. The van der Waals surface area contributed by atoms with Crippen molar-refractivity contribution in [3.05, 3.63) is 69.5 Å². The van der Waals surface area contributed by atoms with E-state index < -0.39 is 11.9 Å². The van der Waals surface area contributed by atoms with Crippen LogP contribution >= 0.6 is 35.0 Å². The molecule has 0 saturated heterocycles. The molecule has 2 aromatic carbocycles. The molecule has 0 aliphatic heterocycles. The SMILES string of the molecule is CC(C)NC(=O)[C@H](C)N(Cc1ccccc1F)C(=O)CSCc1c(Cl)cccc1Cl. The molecule has 0 fully saturated rings. The van der Waals surface area contributed by atoms with Crippen LogP contribution in [0.5, 0.6) is 0 Å². The first kappa shape index (κ1) is 24.5. The second-order valence-electron chi connectivity index (χ2n) is 7.15. The first-order valence-electron chi connectivity index (χ1n) is 9.54. The minimum atomic E-state index is -0.746. The van der Waals surface area contributed by atoms with Gasteiger partial charge >= 0.3 is 0 Å². The third kappa shape index (κ3) is 6.89. The number of nitrogens with zero attached hydrogens (tertiary/aromatic N) is 1. The molecule has 0 radical (unpaired) electrons. The van der Waals surface area contributed by atoms with Crippen LogP contribution < -0.4 is 5.32 Å². The fourth-order valence-electron chi connectivity index (χ4n) is 2.79. The molecule has 30 heavy (non-hydrogen) atoms. The van der Waals surface area contributed by atoms with E-state index in [4.69, 9.17) is 23.2 Å². The van der Waals surface area contributed by atoms with E-state index in [-0.39, 0.29) is 30.2 Å². The number of benzene rings is 2. The number of thioether (sulfide) groups is 1. The molecule has 1 atom stereocenters. The number of carbonyl (C=O) groups is 2. The van der Waals surface area contributed by atoms with Gasteiger partial charge in [-0.3, -0.25) is 9.59 Å². The lowest BCUT2D eigenvalue weighted by atomic mass is 10.1. The van der Waals surface area contributed by atoms with Crippen molar-refractivity contribution in [1.82, 2.24) is 10.2 Å². The van der Waals surface area contributed by atoms with Gasteiger partial charge in [0.05, 0.1) is 5.75 Å².